The van der Waals surface area contributed by atoms with Gasteiger partial charge in [-0.3, -0.25) is 0 Å². The highest BCUT2D eigenvalue weighted by atomic mass is 127. The van der Waals surface area contributed by atoms with Crippen LogP contribution in [0.25, 0.3) is 0 Å². The standard InChI is InChI=1S/C10H10BrIO/c11-10-5-7(10)6-13-9-3-1-8(12)2-4-9/h1-4,7,10H,5-6H2/t7-,10+/m0/s1. The SMILES string of the molecule is Br[C@@H]1C[C@H]1COc1ccc(I)cc1. The van der Waals surface area contributed by atoms with Gasteiger partial charge in [-0.15, -0.1) is 0 Å². The van der Waals surface area contributed by atoms with Gasteiger partial charge >= 0.3 is 0 Å². The van der Waals surface area contributed by atoms with Gasteiger partial charge in [0, 0.05) is 14.3 Å². The molecule has 1 aromatic carbocycles. The van der Waals surface area contributed by atoms with Crippen molar-refractivity contribution < 1.29 is 4.74 Å². The van der Waals surface area contributed by atoms with Crippen LogP contribution in [0.2, 0.25) is 0 Å². The summed E-state index contributed by atoms with van der Waals surface area (Å²) >= 11 is 5.84. The van der Waals surface area contributed by atoms with Crippen molar-refractivity contribution in [1.82, 2.24) is 0 Å². The van der Waals surface area contributed by atoms with Crippen molar-refractivity contribution >= 4 is 38.5 Å². The first-order chi connectivity index (χ1) is 6.25. The Balaban J connectivity index is 1.84. The number of alkyl halides is 1. The zero-order valence-electron chi connectivity index (χ0n) is 7.04. The molecule has 1 aliphatic carbocycles. The van der Waals surface area contributed by atoms with Gasteiger partial charge in [-0.2, -0.15) is 0 Å². The maximum Gasteiger partial charge on any atom is 0.119 e. The molecule has 2 atom stereocenters. The number of hydrogen-bond acceptors (Lipinski definition) is 1. The second-order valence-corrected chi connectivity index (χ2v) is 5.70. The van der Waals surface area contributed by atoms with Crippen LogP contribution in [0.4, 0.5) is 0 Å². The Kier molecular flexibility index (Phi) is 3.14. The lowest BCUT2D eigenvalue weighted by atomic mass is 10.3. The van der Waals surface area contributed by atoms with E-state index in [-0.39, 0.29) is 0 Å². The van der Waals surface area contributed by atoms with E-state index in [1.807, 2.05) is 12.1 Å². The molecular weight excluding hydrogens is 343 g/mol. The van der Waals surface area contributed by atoms with Gasteiger partial charge in [0.05, 0.1) is 6.61 Å². The van der Waals surface area contributed by atoms with Crippen LogP contribution in [0.5, 0.6) is 5.75 Å². The van der Waals surface area contributed by atoms with E-state index in [0.29, 0.717) is 4.83 Å². The quantitative estimate of drug-likeness (QED) is 0.598. The van der Waals surface area contributed by atoms with Crippen LogP contribution in [0.3, 0.4) is 0 Å². The Morgan fingerprint density at radius 1 is 1.38 bits per heavy atom. The molecule has 1 fully saturated rings. The summed E-state index contributed by atoms with van der Waals surface area (Å²) in [4.78, 5) is 0.691. The lowest BCUT2D eigenvalue weighted by molar-refractivity contribution is 0.300. The summed E-state index contributed by atoms with van der Waals surface area (Å²) < 4.78 is 6.87. The molecular formula is C10H10BrIO. The van der Waals surface area contributed by atoms with Gasteiger partial charge in [-0.05, 0) is 53.3 Å². The molecule has 13 heavy (non-hydrogen) atoms. The summed E-state index contributed by atoms with van der Waals surface area (Å²) in [6, 6.07) is 8.17. The molecule has 0 unspecified atom stereocenters. The topological polar surface area (TPSA) is 9.23 Å². The predicted molar refractivity (Wildman–Crippen MR) is 65.5 cm³/mol. The average molecular weight is 353 g/mol. The molecule has 1 nitrogen and oxygen atoms in total. The number of halogens is 2. The minimum atomic E-state index is 0.691. The molecule has 1 aromatic rings. The summed E-state index contributed by atoms with van der Waals surface area (Å²) in [6.45, 7) is 0.844. The van der Waals surface area contributed by atoms with Gasteiger partial charge in [-0.25, -0.2) is 0 Å². The molecule has 0 aliphatic heterocycles. The first-order valence-corrected chi connectivity index (χ1v) is 6.27. The highest BCUT2D eigenvalue weighted by Gasteiger charge is 2.34. The van der Waals surface area contributed by atoms with E-state index < -0.39 is 0 Å². The van der Waals surface area contributed by atoms with E-state index in [2.05, 4.69) is 50.7 Å². The first kappa shape index (κ1) is 9.77. The average Bonchev–Trinajstić information content (AvgIpc) is 2.81. The number of hydrogen-bond donors (Lipinski definition) is 0. The minimum Gasteiger partial charge on any atom is -0.493 e. The van der Waals surface area contributed by atoms with Crippen molar-refractivity contribution in [2.24, 2.45) is 5.92 Å². The summed E-state index contributed by atoms with van der Waals surface area (Å²) in [5.74, 6) is 1.70. The minimum absolute atomic E-state index is 0.691. The third-order valence-electron chi connectivity index (χ3n) is 2.11. The van der Waals surface area contributed by atoms with Crippen LogP contribution >= 0.6 is 38.5 Å². The molecule has 0 aromatic heterocycles. The van der Waals surface area contributed by atoms with E-state index in [1.165, 1.54) is 9.99 Å². The maximum absolute atomic E-state index is 5.62. The Morgan fingerprint density at radius 3 is 2.54 bits per heavy atom. The van der Waals surface area contributed by atoms with Crippen molar-refractivity contribution in [1.29, 1.82) is 0 Å². The molecule has 1 aliphatic rings. The Morgan fingerprint density at radius 2 is 2.00 bits per heavy atom. The van der Waals surface area contributed by atoms with Crippen LogP contribution in [0.1, 0.15) is 6.42 Å². The van der Waals surface area contributed by atoms with Crippen LogP contribution in [0, 0.1) is 9.49 Å². The lowest BCUT2D eigenvalue weighted by Crippen LogP contribution is -2.00. The van der Waals surface area contributed by atoms with Gasteiger partial charge in [-0.1, -0.05) is 15.9 Å². The molecule has 70 valence electrons. The first-order valence-electron chi connectivity index (χ1n) is 4.28. The summed E-state index contributed by atoms with van der Waals surface area (Å²) in [5, 5.41) is 0. The predicted octanol–water partition coefficient (Wildman–Crippen LogP) is 3.45. The zero-order chi connectivity index (χ0) is 9.26. The molecule has 0 spiro atoms. The van der Waals surface area contributed by atoms with Crippen molar-refractivity contribution in [3.05, 3.63) is 27.8 Å². The van der Waals surface area contributed by atoms with Crippen molar-refractivity contribution in [2.75, 3.05) is 6.61 Å². The molecule has 1 saturated carbocycles. The normalized spacial score (nSPS) is 25.7. The van der Waals surface area contributed by atoms with Crippen LogP contribution in [-0.2, 0) is 0 Å². The second kappa shape index (κ2) is 4.17. The molecule has 0 bridgehead atoms. The van der Waals surface area contributed by atoms with E-state index in [0.717, 1.165) is 18.3 Å². The van der Waals surface area contributed by atoms with E-state index in [4.69, 9.17) is 4.74 Å². The van der Waals surface area contributed by atoms with Crippen molar-refractivity contribution in [3.8, 4) is 5.75 Å². The molecule has 0 saturated heterocycles. The maximum atomic E-state index is 5.62. The molecule has 2 rings (SSSR count). The lowest BCUT2D eigenvalue weighted by Gasteiger charge is -2.04. The molecule has 0 amide bonds. The van der Waals surface area contributed by atoms with Gasteiger partial charge in [0.15, 0.2) is 0 Å². The van der Waals surface area contributed by atoms with Gasteiger partial charge < -0.3 is 4.74 Å². The third kappa shape index (κ3) is 2.84. The molecule has 0 N–H and O–H groups in total. The van der Waals surface area contributed by atoms with Crippen molar-refractivity contribution in [3.63, 3.8) is 0 Å². The molecule has 0 radical (unpaired) electrons. The van der Waals surface area contributed by atoms with E-state index >= 15 is 0 Å². The Hall–Kier alpha value is 0.230. The van der Waals surface area contributed by atoms with E-state index in [9.17, 15) is 0 Å². The largest absolute Gasteiger partial charge is 0.493 e. The fraction of sp³-hybridized carbons (Fsp3) is 0.400. The molecule has 0 heterocycles. The number of ether oxygens (including phenoxy) is 1. The van der Waals surface area contributed by atoms with Crippen LogP contribution in [0.15, 0.2) is 24.3 Å². The fourth-order valence-electron chi connectivity index (χ4n) is 1.12. The Bertz CT molecular complexity index is 285. The second-order valence-electron chi connectivity index (χ2n) is 3.28. The Labute approximate surface area is 100 Å². The zero-order valence-corrected chi connectivity index (χ0v) is 10.8. The summed E-state index contributed by atoms with van der Waals surface area (Å²) in [7, 11) is 0. The monoisotopic (exact) mass is 352 g/mol. The van der Waals surface area contributed by atoms with Gasteiger partial charge in [0.25, 0.3) is 0 Å². The summed E-state index contributed by atoms with van der Waals surface area (Å²) in [6.07, 6.45) is 1.25. The third-order valence-corrected chi connectivity index (χ3v) is 3.95. The smallest absolute Gasteiger partial charge is 0.119 e. The van der Waals surface area contributed by atoms with Crippen LogP contribution < -0.4 is 4.74 Å². The van der Waals surface area contributed by atoms with Gasteiger partial charge in [0.1, 0.15) is 5.75 Å². The van der Waals surface area contributed by atoms with E-state index in [1.54, 1.807) is 0 Å². The molecule has 3 heteroatoms. The highest BCUT2D eigenvalue weighted by Crippen LogP contribution is 2.37. The van der Waals surface area contributed by atoms with Crippen molar-refractivity contribution in [2.45, 2.75) is 11.2 Å². The summed E-state index contributed by atoms with van der Waals surface area (Å²) in [5.41, 5.74) is 0. The number of rotatable bonds is 3. The number of benzene rings is 1. The highest BCUT2D eigenvalue weighted by molar-refractivity contribution is 14.1. The van der Waals surface area contributed by atoms with Crippen LogP contribution in [-0.4, -0.2) is 11.4 Å². The fourth-order valence-corrected chi connectivity index (χ4v) is 2.11. The van der Waals surface area contributed by atoms with Gasteiger partial charge in [0.2, 0.25) is 0 Å².